The van der Waals surface area contributed by atoms with Gasteiger partial charge in [0, 0.05) is 45.0 Å². The number of benzene rings is 1. The summed E-state index contributed by atoms with van der Waals surface area (Å²) >= 11 is 5.32. The van der Waals surface area contributed by atoms with Crippen LogP contribution >= 0.6 is 34.9 Å². The van der Waals surface area contributed by atoms with Crippen LogP contribution in [0, 0.1) is 0 Å². The van der Waals surface area contributed by atoms with E-state index in [9.17, 15) is 5.11 Å². The van der Waals surface area contributed by atoms with E-state index >= 15 is 0 Å². The van der Waals surface area contributed by atoms with Crippen LogP contribution in [0.1, 0.15) is 12.0 Å². The average molecular weight is 349 g/mol. The van der Waals surface area contributed by atoms with Crippen LogP contribution in [0.4, 0.5) is 0 Å². The van der Waals surface area contributed by atoms with Gasteiger partial charge >= 0.3 is 0 Å². The molecule has 1 N–H and O–H groups in total. The molecule has 0 unspecified atom stereocenters. The number of nitrogens with zero attached hydrogens (tertiary/aromatic N) is 2. The number of thioether (sulfide) groups is 2. The molecule has 0 saturated heterocycles. The van der Waals surface area contributed by atoms with Gasteiger partial charge in [-0.05, 0) is 23.8 Å². The highest BCUT2D eigenvalue weighted by Crippen LogP contribution is 2.46. The molecule has 4 rings (SSSR count). The highest BCUT2D eigenvalue weighted by atomic mass is 32.2. The number of thiophene rings is 1. The van der Waals surface area contributed by atoms with Gasteiger partial charge in [-0.2, -0.15) is 0 Å². The molecule has 3 nitrogen and oxygen atoms in total. The first-order chi connectivity index (χ1) is 10.8. The number of hydrogen-bond acceptors (Lipinski definition) is 6. The molecule has 0 saturated carbocycles. The second kappa shape index (κ2) is 5.92. The predicted octanol–water partition coefficient (Wildman–Crippen LogP) is 4.09. The summed E-state index contributed by atoms with van der Waals surface area (Å²) in [7, 11) is 0. The maximum absolute atomic E-state index is 9.40. The van der Waals surface area contributed by atoms with Crippen LogP contribution < -0.4 is 0 Å². The Balaban J connectivity index is 1.91. The normalized spacial score (nSPS) is 17.5. The molecule has 0 amide bonds. The van der Waals surface area contributed by atoms with Gasteiger partial charge in [0.15, 0.2) is 5.17 Å². The number of amidine groups is 1. The molecule has 114 valence electrons. The first-order valence-corrected chi connectivity index (χ1v) is 10.1. The maximum Gasteiger partial charge on any atom is 0.168 e. The van der Waals surface area contributed by atoms with Gasteiger partial charge < -0.3 is 10.0 Å². The zero-order valence-corrected chi connectivity index (χ0v) is 14.7. The Kier molecular flexibility index (Phi) is 3.94. The van der Waals surface area contributed by atoms with Crippen molar-refractivity contribution in [3.05, 3.63) is 34.0 Å². The average Bonchev–Trinajstić information content (AvgIpc) is 3.21. The van der Waals surface area contributed by atoms with E-state index in [1.165, 1.54) is 31.1 Å². The summed E-state index contributed by atoms with van der Waals surface area (Å²) in [5.41, 5.74) is 2.53. The van der Waals surface area contributed by atoms with Gasteiger partial charge in [-0.15, -0.1) is 23.1 Å². The molecule has 1 aromatic heterocycles. The van der Waals surface area contributed by atoms with E-state index in [0.29, 0.717) is 6.42 Å². The minimum absolute atomic E-state index is 0.183. The molecule has 2 aliphatic rings. The van der Waals surface area contributed by atoms with Crippen LogP contribution in [-0.4, -0.2) is 41.1 Å². The lowest BCUT2D eigenvalue weighted by Crippen LogP contribution is -2.20. The molecular weight excluding hydrogens is 332 g/mol. The minimum atomic E-state index is 0.183. The third-order valence-corrected chi connectivity index (χ3v) is 6.98. The number of aliphatic hydroxyl groups excluding tert-OH is 1. The molecule has 0 atom stereocenters. The van der Waals surface area contributed by atoms with Crippen molar-refractivity contribution in [2.45, 2.75) is 11.3 Å². The summed E-state index contributed by atoms with van der Waals surface area (Å²) in [6.45, 7) is 2.00. The van der Waals surface area contributed by atoms with Crippen LogP contribution in [0.3, 0.4) is 0 Å². The van der Waals surface area contributed by atoms with Crippen molar-refractivity contribution in [1.82, 2.24) is 4.90 Å². The summed E-state index contributed by atoms with van der Waals surface area (Å²) in [4.78, 5) is 9.48. The molecule has 2 aliphatic heterocycles. The van der Waals surface area contributed by atoms with Gasteiger partial charge in [0.1, 0.15) is 0 Å². The van der Waals surface area contributed by atoms with Crippen molar-refractivity contribution < 1.29 is 5.11 Å². The predicted molar refractivity (Wildman–Crippen MR) is 98.8 cm³/mol. The zero-order chi connectivity index (χ0) is 15.1. The lowest BCUT2D eigenvalue weighted by molar-refractivity contribution is 0.301. The summed E-state index contributed by atoms with van der Waals surface area (Å²) < 4.78 is 1.36. The van der Waals surface area contributed by atoms with Gasteiger partial charge in [0.05, 0.1) is 12.2 Å². The molecule has 0 bridgehead atoms. The van der Waals surface area contributed by atoms with Crippen LogP contribution in [0.15, 0.2) is 38.4 Å². The van der Waals surface area contributed by atoms with Crippen LogP contribution in [-0.2, 0) is 0 Å². The molecule has 0 radical (unpaired) electrons. The monoisotopic (exact) mass is 348 g/mol. The first-order valence-electron chi connectivity index (χ1n) is 7.22. The minimum Gasteiger partial charge on any atom is -0.396 e. The SMILES string of the molecule is CSc1ccc(C2=C(CCO)SC3=NCCN32)c2ccsc12. The number of hydrogen-bond donors (Lipinski definition) is 1. The molecule has 0 aliphatic carbocycles. The van der Waals surface area contributed by atoms with Crippen molar-refractivity contribution in [3.8, 4) is 0 Å². The highest BCUT2D eigenvalue weighted by molar-refractivity contribution is 8.17. The Hall–Kier alpha value is -0.950. The van der Waals surface area contributed by atoms with Gasteiger partial charge in [0.2, 0.25) is 0 Å². The fourth-order valence-electron chi connectivity index (χ4n) is 3.00. The zero-order valence-electron chi connectivity index (χ0n) is 12.2. The fraction of sp³-hybridized carbons (Fsp3) is 0.312. The molecule has 1 aromatic carbocycles. The number of rotatable bonds is 4. The molecule has 2 aromatic rings. The van der Waals surface area contributed by atoms with Gasteiger partial charge in [-0.1, -0.05) is 17.8 Å². The number of aliphatic imine (C=N–C) groups is 1. The lowest BCUT2D eigenvalue weighted by Gasteiger charge is -2.19. The Morgan fingerprint density at radius 1 is 1.36 bits per heavy atom. The summed E-state index contributed by atoms with van der Waals surface area (Å²) in [6.07, 6.45) is 2.83. The summed E-state index contributed by atoms with van der Waals surface area (Å²) in [5.74, 6) is 0. The quantitative estimate of drug-likeness (QED) is 0.844. The number of aliphatic hydroxyl groups is 1. The fourth-order valence-corrected chi connectivity index (χ4v) is 5.90. The van der Waals surface area contributed by atoms with Crippen LogP contribution in [0.5, 0.6) is 0 Å². The standard InChI is InChI=1S/C16H16N2OS3/c1-20-13-3-2-10(11-5-9-21-15(11)13)14-12(4-8-19)22-16-17-6-7-18(14)16/h2-3,5,9,19H,4,6-8H2,1H3. The van der Waals surface area contributed by atoms with E-state index in [-0.39, 0.29) is 6.61 Å². The number of fused-ring (bicyclic) bond motifs is 2. The maximum atomic E-state index is 9.40. The molecule has 6 heteroatoms. The van der Waals surface area contributed by atoms with Crippen molar-refractivity contribution >= 4 is 55.8 Å². The Bertz CT molecular complexity index is 794. The third-order valence-electron chi connectivity index (χ3n) is 3.94. The summed E-state index contributed by atoms with van der Waals surface area (Å²) in [5, 5.41) is 14.0. The van der Waals surface area contributed by atoms with Gasteiger partial charge in [0.25, 0.3) is 0 Å². The van der Waals surface area contributed by atoms with E-state index in [1.807, 2.05) is 0 Å². The van der Waals surface area contributed by atoms with Crippen molar-refractivity contribution in [2.24, 2.45) is 4.99 Å². The van der Waals surface area contributed by atoms with E-state index in [0.717, 1.165) is 18.3 Å². The van der Waals surface area contributed by atoms with Gasteiger partial charge in [-0.3, -0.25) is 4.99 Å². The summed E-state index contributed by atoms with van der Waals surface area (Å²) in [6, 6.07) is 6.67. The Morgan fingerprint density at radius 2 is 2.27 bits per heavy atom. The van der Waals surface area contributed by atoms with E-state index in [4.69, 9.17) is 0 Å². The lowest BCUT2D eigenvalue weighted by atomic mass is 10.1. The van der Waals surface area contributed by atoms with E-state index in [2.05, 4.69) is 39.7 Å². The first kappa shape index (κ1) is 14.6. The Morgan fingerprint density at radius 3 is 3.09 bits per heavy atom. The van der Waals surface area contributed by atoms with Crippen molar-refractivity contribution in [3.63, 3.8) is 0 Å². The molecule has 22 heavy (non-hydrogen) atoms. The topological polar surface area (TPSA) is 35.8 Å². The smallest absolute Gasteiger partial charge is 0.168 e. The molecule has 0 spiro atoms. The molecular formula is C16H16N2OS3. The van der Waals surface area contributed by atoms with Crippen molar-refractivity contribution in [1.29, 1.82) is 0 Å². The van der Waals surface area contributed by atoms with E-state index < -0.39 is 0 Å². The second-order valence-corrected chi connectivity index (χ2v) is 7.97. The highest BCUT2D eigenvalue weighted by Gasteiger charge is 2.33. The van der Waals surface area contributed by atoms with E-state index in [1.54, 1.807) is 34.9 Å². The second-order valence-electron chi connectivity index (χ2n) is 5.14. The third kappa shape index (κ3) is 2.21. The van der Waals surface area contributed by atoms with Crippen LogP contribution in [0.2, 0.25) is 0 Å². The molecule has 3 heterocycles. The molecule has 0 fully saturated rings. The Labute approximate surface area is 142 Å². The van der Waals surface area contributed by atoms with Crippen LogP contribution in [0.25, 0.3) is 15.8 Å². The van der Waals surface area contributed by atoms with Crippen molar-refractivity contribution in [2.75, 3.05) is 26.0 Å². The largest absolute Gasteiger partial charge is 0.396 e. The van der Waals surface area contributed by atoms with Gasteiger partial charge in [-0.25, -0.2) is 0 Å².